The number of hydrogen-bond acceptors (Lipinski definition) is 3. The van der Waals surface area contributed by atoms with Crippen molar-refractivity contribution in [3.05, 3.63) is 54.1 Å². The van der Waals surface area contributed by atoms with Crippen LogP contribution in [0.25, 0.3) is 0 Å². The molecule has 0 aromatic heterocycles. The molecule has 4 heteroatoms. The van der Waals surface area contributed by atoms with Crippen molar-refractivity contribution in [2.24, 2.45) is 0 Å². The second-order valence-electron chi connectivity index (χ2n) is 3.87. The molecule has 2 rings (SSSR count). The van der Waals surface area contributed by atoms with Crippen LogP contribution in [0.3, 0.4) is 0 Å². The molecule has 4 nitrogen and oxygen atoms in total. The molecule has 0 aliphatic heterocycles. The molecule has 18 heavy (non-hydrogen) atoms. The molecule has 0 heterocycles. The maximum atomic E-state index is 12.0. The minimum Gasteiger partial charge on any atom is -0.399 e. The van der Waals surface area contributed by atoms with Crippen LogP contribution in [0.4, 0.5) is 17.1 Å². The minimum atomic E-state index is -0.155. The Kier molecular flexibility index (Phi) is 3.48. The van der Waals surface area contributed by atoms with E-state index in [2.05, 4.69) is 10.6 Å². The SMILES string of the molecule is CNc1ccccc1NC(=O)c1ccc(N)cc1. The number of carbonyl (C=O) groups excluding carboxylic acids is 1. The lowest BCUT2D eigenvalue weighted by Crippen LogP contribution is -2.13. The first-order valence-electron chi connectivity index (χ1n) is 5.64. The summed E-state index contributed by atoms with van der Waals surface area (Å²) in [6.07, 6.45) is 0. The van der Waals surface area contributed by atoms with Crippen molar-refractivity contribution < 1.29 is 4.79 Å². The van der Waals surface area contributed by atoms with E-state index in [1.165, 1.54) is 0 Å². The predicted octanol–water partition coefficient (Wildman–Crippen LogP) is 2.56. The summed E-state index contributed by atoms with van der Waals surface area (Å²) >= 11 is 0. The zero-order chi connectivity index (χ0) is 13.0. The summed E-state index contributed by atoms with van der Waals surface area (Å²) in [6, 6.07) is 14.3. The molecular weight excluding hydrogens is 226 g/mol. The predicted molar refractivity (Wildman–Crippen MR) is 74.8 cm³/mol. The van der Waals surface area contributed by atoms with Crippen molar-refractivity contribution in [1.29, 1.82) is 0 Å². The molecular formula is C14H15N3O. The second kappa shape index (κ2) is 5.23. The van der Waals surface area contributed by atoms with E-state index in [4.69, 9.17) is 5.73 Å². The average Bonchev–Trinajstić information content (AvgIpc) is 2.40. The minimum absolute atomic E-state index is 0.155. The van der Waals surface area contributed by atoms with Crippen LogP contribution in [0.2, 0.25) is 0 Å². The number of amides is 1. The van der Waals surface area contributed by atoms with Gasteiger partial charge in [0.05, 0.1) is 11.4 Å². The third kappa shape index (κ3) is 2.60. The molecule has 2 aromatic carbocycles. The maximum absolute atomic E-state index is 12.0. The Bertz CT molecular complexity index is 549. The molecule has 0 spiro atoms. The largest absolute Gasteiger partial charge is 0.399 e. The summed E-state index contributed by atoms with van der Waals surface area (Å²) in [4.78, 5) is 12.0. The highest BCUT2D eigenvalue weighted by Gasteiger charge is 2.07. The van der Waals surface area contributed by atoms with E-state index in [0.29, 0.717) is 11.3 Å². The standard InChI is InChI=1S/C14H15N3O/c1-16-12-4-2-3-5-13(12)17-14(18)10-6-8-11(15)9-7-10/h2-9,16H,15H2,1H3,(H,17,18). The highest BCUT2D eigenvalue weighted by atomic mass is 16.1. The third-order valence-electron chi connectivity index (χ3n) is 2.62. The Hall–Kier alpha value is -2.49. The van der Waals surface area contributed by atoms with Gasteiger partial charge in [0.25, 0.3) is 5.91 Å². The van der Waals surface area contributed by atoms with Gasteiger partial charge in [0, 0.05) is 18.3 Å². The summed E-state index contributed by atoms with van der Waals surface area (Å²) in [5, 5.41) is 5.88. The molecule has 4 N–H and O–H groups in total. The van der Waals surface area contributed by atoms with Gasteiger partial charge in [-0.25, -0.2) is 0 Å². The van der Waals surface area contributed by atoms with Crippen molar-refractivity contribution in [2.75, 3.05) is 23.4 Å². The van der Waals surface area contributed by atoms with E-state index in [1.807, 2.05) is 31.3 Å². The van der Waals surface area contributed by atoms with Gasteiger partial charge < -0.3 is 16.4 Å². The van der Waals surface area contributed by atoms with Crippen molar-refractivity contribution in [3.63, 3.8) is 0 Å². The zero-order valence-corrected chi connectivity index (χ0v) is 10.1. The van der Waals surface area contributed by atoms with E-state index >= 15 is 0 Å². The lowest BCUT2D eigenvalue weighted by Gasteiger charge is -2.10. The first kappa shape index (κ1) is 12.0. The van der Waals surface area contributed by atoms with Gasteiger partial charge >= 0.3 is 0 Å². The lowest BCUT2D eigenvalue weighted by molar-refractivity contribution is 0.102. The lowest BCUT2D eigenvalue weighted by atomic mass is 10.2. The summed E-state index contributed by atoms with van der Waals surface area (Å²) in [6.45, 7) is 0. The molecule has 0 aliphatic rings. The van der Waals surface area contributed by atoms with Crippen LogP contribution in [0.15, 0.2) is 48.5 Å². The van der Waals surface area contributed by atoms with Crippen LogP contribution in [0.1, 0.15) is 10.4 Å². The number of nitrogens with two attached hydrogens (primary N) is 1. The molecule has 0 unspecified atom stereocenters. The molecule has 2 aromatic rings. The number of nitrogen functional groups attached to an aromatic ring is 1. The summed E-state index contributed by atoms with van der Waals surface area (Å²) < 4.78 is 0. The van der Waals surface area contributed by atoms with Crippen molar-refractivity contribution >= 4 is 23.0 Å². The van der Waals surface area contributed by atoms with Gasteiger partial charge in [0.1, 0.15) is 0 Å². The van der Waals surface area contributed by atoms with Gasteiger partial charge in [0.2, 0.25) is 0 Å². The summed E-state index contributed by atoms with van der Waals surface area (Å²) in [5.41, 5.74) is 8.43. The number of para-hydroxylation sites is 2. The molecule has 0 saturated heterocycles. The molecule has 0 radical (unpaired) electrons. The van der Waals surface area contributed by atoms with E-state index in [-0.39, 0.29) is 5.91 Å². The van der Waals surface area contributed by atoms with Crippen molar-refractivity contribution in [1.82, 2.24) is 0 Å². The molecule has 0 aliphatic carbocycles. The maximum Gasteiger partial charge on any atom is 0.255 e. The van der Waals surface area contributed by atoms with Gasteiger partial charge in [-0.05, 0) is 36.4 Å². The normalized spacial score (nSPS) is 9.83. The fraction of sp³-hybridized carbons (Fsp3) is 0.0714. The Morgan fingerprint density at radius 1 is 1.00 bits per heavy atom. The molecule has 0 saturated carbocycles. The zero-order valence-electron chi connectivity index (χ0n) is 10.1. The van der Waals surface area contributed by atoms with Crippen LogP contribution >= 0.6 is 0 Å². The van der Waals surface area contributed by atoms with Crippen molar-refractivity contribution in [3.8, 4) is 0 Å². The van der Waals surface area contributed by atoms with Crippen LogP contribution in [-0.2, 0) is 0 Å². The van der Waals surface area contributed by atoms with Crippen LogP contribution in [-0.4, -0.2) is 13.0 Å². The molecule has 1 amide bonds. The molecule has 0 atom stereocenters. The fourth-order valence-corrected chi connectivity index (χ4v) is 1.64. The number of rotatable bonds is 3. The van der Waals surface area contributed by atoms with E-state index in [9.17, 15) is 4.79 Å². The first-order chi connectivity index (χ1) is 8.70. The summed E-state index contributed by atoms with van der Waals surface area (Å²) in [7, 11) is 1.81. The monoisotopic (exact) mass is 241 g/mol. The van der Waals surface area contributed by atoms with E-state index < -0.39 is 0 Å². The van der Waals surface area contributed by atoms with Crippen LogP contribution < -0.4 is 16.4 Å². The second-order valence-corrected chi connectivity index (χ2v) is 3.87. The Balaban J connectivity index is 2.18. The Morgan fingerprint density at radius 3 is 2.22 bits per heavy atom. The molecule has 0 fully saturated rings. The highest BCUT2D eigenvalue weighted by molar-refractivity contribution is 6.06. The third-order valence-corrected chi connectivity index (χ3v) is 2.62. The number of hydrogen-bond donors (Lipinski definition) is 3. The first-order valence-corrected chi connectivity index (χ1v) is 5.64. The van der Waals surface area contributed by atoms with Gasteiger partial charge in [0.15, 0.2) is 0 Å². The van der Waals surface area contributed by atoms with Gasteiger partial charge in [-0.1, -0.05) is 12.1 Å². The van der Waals surface area contributed by atoms with Crippen molar-refractivity contribution in [2.45, 2.75) is 0 Å². The quantitative estimate of drug-likeness (QED) is 0.723. The number of benzene rings is 2. The smallest absolute Gasteiger partial charge is 0.255 e. The van der Waals surface area contributed by atoms with Gasteiger partial charge in [-0.15, -0.1) is 0 Å². The van der Waals surface area contributed by atoms with Crippen LogP contribution in [0, 0.1) is 0 Å². The molecule has 92 valence electrons. The number of nitrogens with one attached hydrogen (secondary N) is 2. The van der Waals surface area contributed by atoms with E-state index in [1.54, 1.807) is 24.3 Å². The average molecular weight is 241 g/mol. The van der Waals surface area contributed by atoms with E-state index in [0.717, 1.165) is 11.4 Å². The number of anilines is 3. The summed E-state index contributed by atoms with van der Waals surface area (Å²) in [5.74, 6) is -0.155. The van der Waals surface area contributed by atoms with Gasteiger partial charge in [-0.3, -0.25) is 4.79 Å². The van der Waals surface area contributed by atoms with Gasteiger partial charge in [-0.2, -0.15) is 0 Å². The highest BCUT2D eigenvalue weighted by Crippen LogP contribution is 2.21. The number of carbonyl (C=O) groups is 1. The van der Waals surface area contributed by atoms with Crippen LogP contribution in [0.5, 0.6) is 0 Å². The Labute approximate surface area is 106 Å². The fourth-order valence-electron chi connectivity index (χ4n) is 1.64. The molecule has 0 bridgehead atoms. The topological polar surface area (TPSA) is 67.1 Å². The Morgan fingerprint density at radius 2 is 1.61 bits per heavy atom.